The molecule has 27 heavy (non-hydrogen) atoms. The van der Waals surface area contributed by atoms with Gasteiger partial charge in [-0.1, -0.05) is 26.0 Å². The molecule has 0 heterocycles. The number of carbonyl (C=O) groups excluding carboxylic acids is 2. The van der Waals surface area contributed by atoms with E-state index in [9.17, 15) is 9.59 Å². The summed E-state index contributed by atoms with van der Waals surface area (Å²) in [5.74, 6) is 0.349. The fraction of sp³-hybridized carbons (Fsp3) is 0.333. The minimum absolute atomic E-state index is 0.284. The van der Waals surface area contributed by atoms with Crippen LogP contribution in [0.5, 0.6) is 11.5 Å². The van der Waals surface area contributed by atoms with Gasteiger partial charge in [0.1, 0.15) is 0 Å². The maximum absolute atomic E-state index is 12.2. The number of hydrogen-bond donors (Lipinski definition) is 1. The van der Waals surface area contributed by atoms with Gasteiger partial charge in [0, 0.05) is 5.69 Å². The van der Waals surface area contributed by atoms with Gasteiger partial charge in [0.15, 0.2) is 18.1 Å². The summed E-state index contributed by atoms with van der Waals surface area (Å²) in [5, 5.41) is 2.69. The van der Waals surface area contributed by atoms with Gasteiger partial charge < -0.3 is 19.5 Å². The smallest absolute Gasteiger partial charge is 0.338 e. The number of nitrogens with one attached hydrogen (secondary N) is 1. The molecule has 0 aliphatic carbocycles. The molecule has 0 aliphatic heterocycles. The van der Waals surface area contributed by atoms with E-state index in [2.05, 4.69) is 5.32 Å². The van der Waals surface area contributed by atoms with Crippen LogP contribution in [0.4, 0.5) is 5.69 Å². The number of anilines is 1. The van der Waals surface area contributed by atoms with Crippen molar-refractivity contribution in [2.24, 2.45) is 5.92 Å². The zero-order valence-electron chi connectivity index (χ0n) is 16.1. The maximum Gasteiger partial charge on any atom is 0.338 e. The number of ether oxygens (including phenoxy) is 3. The van der Waals surface area contributed by atoms with Gasteiger partial charge in [-0.05, 0) is 48.7 Å². The van der Waals surface area contributed by atoms with E-state index in [-0.39, 0.29) is 12.2 Å². The van der Waals surface area contributed by atoms with Crippen LogP contribution in [0.1, 0.15) is 29.8 Å². The van der Waals surface area contributed by atoms with Gasteiger partial charge in [0.2, 0.25) is 0 Å². The number of amides is 1. The van der Waals surface area contributed by atoms with Crippen molar-refractivity contribution >= 4 is 17.6 Å². The van der Waals surface area contributed by atoms with Crippen molar-refractivity contribution in [1.82, 2.24) is 0 Å². The predicted molar refractivity (Wildman–Crippen MR) is 103 cm³/mol. The van der Waals surface area contributed by atoms with Crippen LogP contribution in [-0.4, -0.2) is 32.2 Å². The first-order valence-electron chi connectivity index (χ1n) is 8.73. The number of esters is 1. The van der Waals surface area contributed by atoms with E-state index in [1.807, 2.05) is 39.0 Å². The molecule has 144 valence electrons. The molecule has 0 atom stereocenters. The molecule has 1 N–H and O–H groups in total. The molecule has 2 aromatic rings. The summed E-state index contributed by atoms with van der Waals surface area (Å²) >= 11 is 0. The molecule has 0 bridgehead atoms. The Labute approximate surface area is 159 Å². The minimum atomic E-state index is -0.608. The first kappa shape index (κ1) is 20.3. The quantitative estimate of drug-likeness (QED) is 0.714. The van der Waals surface area contributed by atoms with Crippen LogP contribution in [0.25, 0.3) is 0 Å². The van der Waals surface area contributed by atoms with E-state index in [0.717, 1.165) is 5.56 Å². The average Bonchev–Trinajstić information content (AvgIpc) is 2.64. The third-order valence-corrected chi connectivity index (χ3v) is 3.61. The summed E-state index contributed by atoms with van der Waals surface area (Å²) in [6, 6.07) is 12.2. The van der Waals surface area contributed by atoms with Gasteiger partial charge in [0.05, 0.1) is 19.3 Å². The lowest BCUT2D eigenvalue weighted by Gasteiger charge is -2.13. The highest BCUT2D eigenvalue weighted by Crippen LogP contribution is 2.28. The van der Waals surface area contributed by atoms with Crippen LogP contribution in [0, 0.1) is 12.8 Å². The van der Waals surface area contributed by atoms with E-state index in [4.69, 9.17) is 14.2 Å². The highest BCUT2D eigenvalue weighted by atomic mass is 16.5. The van der Waals surface area contributed by atoms with Gasteiger partial charge in [-0.15, -0.1) is 0 Å². The lowest BCUT2D eigenvalue weighted by molar-refractivity contribution is -0.119. The summed E-state index contributed by atoms with van der Waals surface area (Å²) in [6.07, 6.45) is 0. The fourth-order valence-electron chi connectivity index (χ4n) is 2.30. The Kier molecular flexibility index (Phi) is 7.23. The zero-order valence-corrected chi connectivity index (χ0v) is 16.1. The highest BCUT2D eigenvalue weighted by Gasteiger charge is 2.14. The van der Waals surface area contributed by atoms with Crippen molar-refractivity contribution in [3.8, 4) is 11.5 Å². The van der Waals surface area contributed by atoms with Gasteiger partial charge in [-0.3, -0.25) is 4.79 Å². The van der Waals surface area contributed by atoms with Crippen LogP contribution >= 0.6 is 0 Å². The van der Waals surface area contributed by atoms with Crippen molar-refractivity contribution in [1.29, 1.82) is 0 Å². The fourth-order valence-corrected chi connectivity index (χ4v) is 2.30. The predicted octanol–water partition coefficient (Wildman–Crippen LogP) is 3.83. The standard InChI is InChI=1S/C21H25NO5/c1-14(2)12-26-18-9-8-16(11-19(18)25-4)21(24)27-13-20(23)22-17-7-5-6-15(3)10-17/h5-11,14H,12-13H2,1-4H3,(H,22,23). The van der Waals surface area contributed by atoms with E-state index >= 15 is 0 Å². The first-order valence-corrected chi connectivity index (χ1v) is 8.73. The van der Waals surface area contributed by atoms with Crippen molar-refractivity contribution in [2.45, 2.75) is 20.8 Å². The van der Waals surface area contributed by atoms with E-state index < -0.39 is 11.9 Å². The molecule has 6 nitrogen and oxygen atoms in total. The molecule has 0 saturated heterocycles. The molecular formula is C21H25NO5. The summed E-state index contributed by atoms with van der Waals surface area (Å²) < 4.78 is 16.0. The van der Waals surface area contributed by atoms with Crippen molar-refractivity contribution < 1.29 is 23.8 Å². The molecule has 0 fully saturated rings. The molecule has 0 saturated carbocycles. The van der Waals surface area contributed by atoms with E-state index in [0.29, 0.717) is 29.7 Å². The normalized spacial score (nSPS) is 10.4. The Morgan fingerprint density at radius 2 is 1.85 bits per heavy atom. The van der Waals surface area contributed by atoms with E-state index in [1.54, 1.807) is 18.2 Å². The largest absolute Gasteiger partial charge is 0.493 e. The summed E-state index contributed by atoms with van der Waals surface area (Å²) in [6.45, 7) is 6.18. The second-order valence-corrected chi connectivity index (χ2v) is 6.56. The molecule has 2 rings (SSSR count). The lowest BCUT2D eigenvalue weighted by atomic mass is 10.2. The Morgan fingerprint density at radius 1 is 1.07 bits per heavy atom. The van der Waals surface area contributed by atoms with Gasteiger partial charge in [-0.2, -0.15) is 0 Å². The molecule has 2 aromatic carbocycles. The van der Waals surface area contributed by atoms with Crippen molar-refractivity contribution in [3.05, 3.63) is 53.6 Å². The zero-order chi connectivity index (χ0) is 19.8. The number of rotatable bonds is 8. The van der Waals surface area contributed by atoms with Crippen LogP contribution in [0.15, 0.2) is 42.5 Å². The Morgan fingerprint density at radius 3 is 2.52 bits per heavy atom. The van der Waals surface area contributed by atoms with Crippen LogP contribution in [-0.2, 0) is 9.53 Å². The monoisotopic (exact) mass is 371 g/mol. The SMILES string of the molecule is COc1cc(C(=O)OCC(=O)Nc2cccc(C)c2)ccc1OCC(C)C. The van der Waals surface area contributed by atoms with Gasteiger partial charge in [-0.25, -0.2) is 4.79 Å². The summed E-state index contributed by atoms with van der Waals surface area (Å²) in [7, 11) is 1.50. The molecule has 0 aromatic heterocycles. The molecule has 1 amide bonds. The van der Waals surface area contributed by atoms with Crippen LogP contribution in [0.3, 0.4) is 0 Å². The molecule has 0 unspecified atom stereocenters. The number of methoxy groups -OCH3 is 1. The number of aryl methyl sites for hydroxylation is 1. The van der Waals surface area contributed by atoms with Crippen LogP contribution < -0.4 is 14.8 Å². The van der Waals surface area contributed by atoms with Crippen LogP contribution in [0.2, 0.25) is 0 Å². The number of benzene rings is 2. The Balaban J connectivity index is 1.93. The lowest BCUT2D eigenvalue weighted by Crippen LogP contribution is -2.21. The average molecular weight is 371 g/mol. The number of hydrogen-bond acceptors (Lipinski definition) is 5. The Hall–Kier alpha value is -3.02. The summed E-state index contributed by atoms with van der Waals surface area (Å²) in [4.78, 5) is 24.2. The minimum Gasteiger partial charge on any atom is -0.493 e. The third-order valence-electron chi connectivity index (χ3n) is 3.61. The van der Waals surface area contributed by atoms with Gasteiger partial charge in [0.25, 0.3) is 5.91 Å². The molecule has 0 radical (unpaired) electrons. The molecule has 0 spiro atoms. The second-order valence-electron chi connectivity index (χ2n) is 6.56. The highest BCUT2D eigenvalue weighted by molar-refractivity contribution is 5.95. The van der Waals surface area contributed by atoms with Gasteiger partial charge >= 0.3 is 5.97 Å². The maximum atomic E-state index is 12.2. The van der Waals surface area contributed by atoms with Crippen molar-refractivity contribution in [3.63, 3.8) is 0 Å². The molecule has 0 aliphatic rings. The molecular weight excluding hydrogens is 346 g/mol. The Bertz CT molecular complexity index is 801. The molecule has 6 heteroatoms. The topological polar surface area (TPSA) is 73.9 Å². The second kappa shape index (κ2) is 9.62. The van der Waals surface area contributed by atoms with Crippen molar-refractivity contribution in [2.75, 3.05) is 25.6 Å². The van der Waals surface area contributed by atoms with E-state index in [1.165, 1.54) is 13.2 Å². The first-order chi connectivity index (χ1) is 12.9. The summed E-state index contributed by atoms with van der Waals surface area (Å²) in [5.41, 5.74) is 1.97. The number of carbonyl (C=O) groups is 2. The third kappa shape index (κ3) is 6.33.